The summed E-state index contributed by atoms with van der Waals surface area (Å²) in [5.74, 6) is -3.34. The molecule has 3 aromatic rings. The molecule has 128 valence electrons. The van der Waals surface area contributed by atoms with Gasteiger partial charge in [-0.1, -0.05) is 36.5 Å². The number of imidazole rings is 1. The summed E-state index contributed by atoms with van der Waals surface area (Å²) in [4.78, 5) is 4.49. The van der Waals surface area contributed by atoms with E-state index in [1.54, 1.807) is 17.0 Å². The van der Waals surface area contributed by atoms with E-state index in [4.69, 9.17) is 18.0 Å². The molecule has 2 aromatic carbocycles. The normalized spacial score (nSPS) is 10.8. The standard InChI is InChI=1S/C18H14F3N3S/c19-14-5-4-12(16(20)17(14)21)9-15-23-6-7-24(15)10-11-2-1-3-13(8-11)18(22)25/h1-8H,9-10H2,(H2,22,25). The molecule has 25 heavy (non-hydrogen) atoms. The van der Waals surface area contributed by atoms with Gasteiger partial charge in [-0.3, -0.25) is 0 Å². The van der Waals surface area contributed by atoms with Crippen molar-refractivity contribution < 1.29 is 13.2 Å². The molecule has 2 N–H and O–H groups in total. The van der Waals surface area contributed by atoms with Crippen LogP contribution in [0.25, 0.3) is 0 Å². The lowest BCUT2D eigenvalue weighted by Gasteiger charge is -2.10. The predicted molar refractivity (Wildman–Crippen MR) is 92.8 cm³/mol. The molecule has 0 saturated heterocycles. The fourth-order valence-electron chi connectivity index (χ4n) is 2.54. The van der Waals surface area contributed by atoms with E-state index >= 15 is 0 Å². The number of thiocarbonyl (C=S) groups is 1. The SMILES string of the molecule is NC(=S)c1cccc(Cn2ccnc2Cc2ccc(F)c(F)c2F)c1. The average molecular weight is 361 g/mol. The first kappa shape index (κ1) is 17.2. The highest BCUT2D eigenvalue weighted by Gasteiger charge is 2.15. The van der Waals surface area contributed by atoms with E-state index in [1.165, 1.54) is 6.07 Å². The molecule has 0 fully saturated rings. The van der Waals surface area contributed by atoms with Gasteiger partial charge in [0.05, 0.1) is 0 Å². The molecule has 0 aliphatic heterocycles. The molecule has 0 aliphatic carbocycles. The molecule has 3 rings (SSSR count). The van der Waals surface area contributed by atoms with E-state index in [-0.39, 0.29) is 12.0 Å². The second-order valence-electron chi connectivity index (χ2n) is 5.55. The lowest BCUT2D eigenvalue weighted by molar-refractivity contribution is 0.441. The molecule has 0 saturated carbocycles. The average Bonchev–Trinajstić information content (AvgIpc) is 3.02. The summed E-state index contributed by atoms with van der Waals surface area (Å²) in [7, 11) is 0. The largest absolute Gasteiger partial charge is 0.389 e. The third-order valence-corrected chi connectivity index (χ3v) is 4.07. The third kappa shape index (κ3) is 3.71. The van der Waals surface area contributed by atoms with Crippen LogP contribution >= 0.6 is 12.2 Å². The number of halogens is 3. The van der Waals surface area contributed by atoms with Crippen LogP contribution in [-0.2, 0) is 13.0 Å². The van der Waals surface area contributed by atoms with Crippen molar-refractivity contribution in [1.82, 2.24) is 9.55 Å². The van der Waals surface area contributed by atoms with Gasteiger partial charge in [0.15, 0.2) is 17.5 Å². The summed E-state index contributed by atoms with van der Waals surface area (Å²) in [5, 5.41) is 0. The molecule has 3 nitrogen and oxygen atoms in total. The Kier molecular flexibility index (Phi) is 4.85. The number of hydrogen-bond acceptors (Lipinski definition) is 2. The molecule has 0 amide bonds. The fraction of sp³-hybridized carbons (Fsp3) is 0.111. The van der Waals surface area contributed by atoms with Gasteiger partial charge in [0, 0.05) is 30.9 Å². The number of hydrogen-bond donors (Lipinski definition) is 1. The van der Waals surface area contributed by atoms with Crippen molar-refractivity contribution in [2.75, 3.05) is 0 Å². The molecule has 0 aliphatic rings. The van der Waals surface area contributed by atoms with Gasteiger partial charge in [0.2, 0.25) is 0 Å². The number of aromatic nitrogens is 2. The van der Waals surface area contributed by atoms with Crippen LogP contribution in [0.15, 0.2) is 48.8 Å². The van der Waals surface area contributed by atoms with Crippen LogP contribution in [0, 0.1) is 17.5 Å². The van der Waals surface area contributed by atoms with Crippen LogP contribution in [0.3, 0.4) is 0 Å². The molecule has 0 atom stereocenters. The summed E-state index contributed by atoms with van der Waals surface area (Å²) in [6.07, 6.45) is 3.36. The summed E-state index contributed by atoms with van der Waals surface area (Å²) >= 11 is 4.97. The fourth-order valence-corrected chi connectivity index (χ4v) is 2.67. The van der Waals surface area contributed by atoms with Gasteiger partial charge in [0.1, 0.15) is 10.8 Å². The maximum absolute atomic E-state index is 13.9. The zero-order valence-corrected chi connectivity index (χ0v) is 13.9. The Balaban J connectivity index is 1.85. The summed E-state index contributed by atoms with van der Waals surface area (Å²) < 4.78 is 42.1. The molecular weight excluding hydrogens is 347 g/mol. The third-order valence-electron chi connectivity index (χ3n) is 3.83. The predicted octanol–water partition coefficient (Wildman–Crippen LogP) is 3.57. The Bertz CT molecular complexity index is 937. The van der Waals surface area contributed by atoms with Crippen molar-refractivity contribution in [2.45, 2.75) is 13.0 Å². The topological polar surface area (TPSA) is 43.8 Å². The smallest absolute Gasteiger partial charge is 0.194 e. The van der Waals surface area contributed by atoms with Crippen molar-refractivity contribution in [3.63, 3.8) is 0 Å². The van der Waals surface area contributed by atoms with Crippen molar-refractivity contribution in [2.24, 2.45) is 5.73 Å². The van der Waals surface area contributed by atoms with Gasteiger partial charge < -0.3 is 10.3 Å². The van der Waals surface area contributed by atoms with Crippen LogP contribution < -0.4 is 5.73 Å². The number of nitrogens with zero attached hydrogens (tertiary/aromatic N) is 2. The van der Waals surface area contributed by atoms with Gasteiger partial charge in [-0.05, 0) is 23.3 Å². The highest BCUT2D eigenvalue weighted by Crippen LogP contribution is 2.18. The molecule has 1 aromatic heterocycles. The first-order chi connectivity index (χ1) is 12.0. The van der Waals surface area contributed by atoms with Crippen LogP contribution in [0.4, 0.5) is 13.2 Å². The van der Waals surface area contributed by atoms with E-state index in [2.05, 4.69) is 4.98 Å². The second kappa shape index (κ2) is 7.06. The minimum atomic E-state index is -1.47. The molecule has 0 spiro atoms. The molecule has 1 heterocycles. The number of rotatable bonds is 5. The minimum absolute atomic E-state index is 0.0447. The van der Waals surface area contributed by atoms with Gasteiger partial charge in [-0.2, -0.15) is 0 Å². The van der Waals surface area contributed by atoms with Crippen LogP contribution in [-0.4, -0.2) is 14.5 Å². The lowest BCUT2D eigenvalue weighted by Crippen LogP contribution is -2.11. The summed E-state index contributed by atoms with van der Waals surface area (Å²) in [6.45, 7) is 0.469. The summed E-state index contributed by atoms with van der Waals surface area (Å²) in [6, 6.07) is 9.56. The van der Waals surface area contributed by atoms with Crippen molar-refractivity contribution in [3.8, 4) is 0 Å². The second-order valence-corrected chi connectivity index (χ2v) is 5.99. The zero-order valence-electron chi connectivity index (χ0n) is 13.0. The Labute approximate surface area is 147 Å². The highest BCUT2D eigenvalue weighted by molar-refractivity contribution is 7.80. The van der Waals surface area contributed by atoms with Gasteiger partial charge in [-0.15, -0.1) is 0 Å². The number of nitrogens with two attached hydrogens (primary N) is 1. The maximum Gasteiger partial charge on any atom is 0.194 e. The quantitative estimate of drug-likeness (QED) is 0.558. The van der Waals surface area contributed by atoms with E-state index in [0.717, 1.165) is 17.2 Å². The molecule has 7 heteroatoms. The molecule has 0 radical (unpaired) electrons. The Morgan fingerprint density at radius 2 is 1.92 bits per heavy atom. The van der Waals surface area contributed by atoms with Crippen molar-refractivity contribution >= 4 is 17.2 Å². The van der Waals surface area contributed by atoms with Crippen molar-refractivity contribution in [3.05, 3.63) is 88.8 Å². The van der Waals surface area contributed by atoms with Crippen LogP contribution in [0.1, 0.15) is 22.5 Å². The van der Waals surface area contributed by atoms with Gasteiger partial charge >= 0.3 is 0 Å². The first-order valence-corrected chi connectivity index (χ1v) is 7.87. The lowest BCUT2D eigenvalue weighted by atomic mass is 10.1. The molecule has 0 bridgehead atoms. The van der Waals surface area contributed by atoms with E-state index < -0.39 is 17.5 Å². The van der Waals surface area contributed by atoms with Gasteiger partial charge in [0.25, 0.3) is 0 Å². The van der Waals surface area contributed by atoms with Crippen LogP contribution in [0.2, 0.25) is 0 Å². The Morgan fingerprint density at radius 1 is 1.12 bits per heavy atom. The number of benzene rings is 2. The van der Waals surface area contributed by atoms with E-state index in [1.807, 2.05) is 24.3 Å². The Hall–Kier alpha value is -2.67. The highest BCUT2D eigenvalue weighted by atomic mass is 32.1. The first-order valence-electron chi connectivity index (χ1n) is 7.47. The van der Waals surface area contributed by atoms with E-state index in [0.29, 0.717) is 17.4 Å². The zero-order chi connectivity index (χ0) is 18.0. The summed E-state index contributed by atoms with van der Waals surface area (Å²) in [5.41, 5.74) is 7.37. The maximum atomic E-state index is 13.9. The monoisotopic (exact) mass is 361 g/mol. The Morgan fingerprint density at radius 3 is 2.68 bits per heavy atom. The van der Waals surface area contributed by atoms with Crippen molar-refractivity contribution in [1.29, 1.82) is 0 Å². The molecule has 0 unspecified atom stereocenters. The molecular formula is C18H14F3N3S. The van der Waals surface area contributed by atoms with Gasteiger partial charge in [-0.25, -0.2) is 18.2 Å². The minimum Gasteiger partial charge on any atom is -0.389 e. The van der Waals surface area contributed by atoms with E-state index in [9.17, 15) is 13.2 Å². The van der Waals surface area contributed by atoms with Crippen LogP contribution in [0.5, 0.6) is 0 Å².